The molecule has 0 saturated carbocycles. The zero-order valence-electron chi connectivity index (χ0n) is 7.81. The van der Waals surface area contributed by atoms with Gasteiger partial charge in [0.2, 0.25) is 0 Å². The Morgan fingerprint density at radius 3 is 2.86 bits per heavy atom. The predicted octanol–water partition coefficient (Wildman–Crippen LogP) is 2.73. The van der Waals surface area contributed by atoms with E-state index in [9.17, 15) is 4.79 Å². The van der Waals surface area contributed by atoms with Crippen molar-refractivity contribution in [1.29, 1.82) is 0 Å². The van der Waals surface area contributed by atoms with Gasteiger partial charge in [-0.2, -0.15) is 0 Å². The number of hydrogen-bond acceptors (Lipinski definition) is 1. The highest BCUT2D eigenvalue weighted by Gasteiger charge is 2.11. The van der Waals surface area contributed by atoms with Crippen LogP contribution in [0.4, 0.5) is 0 Å². The van der Waals surface area contributed by atoms with Crippen LogP contribution in [-0.4, -0.2) is 18.3 Å². The maximum absolute atomic E-state index is 11.6. The first-order chi connectivity index (χ1) is 6.66. The number of alkyl halides is 1. The molecule has 0 unspecified atom stereocenters. The summed E-state index contributed by atoms with van der Waals surface area (Å²) in [5.74, 6) is 0.338. The topological polar surface area (TPSA) is 29.1 Å². The first-order valence-electron chi connectivity index (χ1n) is 4.26. The molecule has 1 amide bonds. The fraction of sp³-hybridized carbons (Fsp3) is 0.300. The molecular formula is C10H11BrClNO. The van der Waals surface area contributed by atoms with E-state index in [0.29, 0.717) is 18.0 Å². The number of amides is 1. The number of hydrogen-bond donors (Lipinski definition) is 1. The van der Waals surface area contributed by atoms with Crippen molar-refractivity contribution in [2.24, 2.45) is 0 Å². The Kier molecular flexibility index (Phi) is 4.42. The van der Waals surface area contributed by atoms with Crippen molar-refractivity contribution >= 4 is 33.4 Å². The first kappa shape index (κ1) is 11.5. The molecule has 1 rings (SSSR count). The normalized spacial score (nSPS) is 9.93. The summed E-state index contributed by atoms with van der Waals surface area (Å²) in [5.41, 5.74) is 1.63. The molecule has 0 aromatic heterocycles. The van der Waals surface area contributed by atoms with Crippen molar-refractivity contribution in [2.45, 2.75) is 6.92 Å². The van der Waals surface area contributed by atoms with E-state index in [1.165, 1.54) is 0 Å². The molecule has 0 aliphatic rings. The zero-order valence-corrected chi connectivity index (χ0v) is 10.2. The van der Waals surface area contributed by atoms with Crippen LogP contribution in [0.15, 0.2) is 22.7 Å². The number of aryl methyl sites for hydroxylation is 1. The molecular weight excluding hydrogens is 265 g/mol. The molecule has 1 aromatic rings. The van der Waals surface area contributed by atoms with Gasteiger partial charge in [-0.15, -0.1) is 11.6 Å². The lowest BCUT2D eigenvalue weighted by atomic mass is 10.1. The molecule has 2 nitrogen and oxygen atoms in total. The van der Waals surface area contributed by atoms with Crippen LogP contribution in [-0.2, 0) is 0 Å². The summed E-state index contributed by atoms with van der Waals surface area (Å²) in [6.45, 7) is 2.39. The van der Waals surface area contributed by atoms with Crippen molar-refractivity contribution in [1.82, 2.24) is 5.32 Å². The lowest BCUT2D eigenvalue weighted by Crippen LogP contribution is -2.26. The molecule has 1 aromatic carbocycles. The minimum Gasteiger partial charge on any atom is -0.351 e. The van der Waals surface area contributed by atoms with Gasteiger partial charge in [-0.1, -0.05) is 12.1 Å². The van der Waals surface area contributed by atoms with Crippen LogP contribution in [0.1, 0.15) is 15.9 Å². The molecule has 14 heavy (non-hydrogen) atoms. The van der Waals surface area contributed by atoms with Crippen molar-refractivity contribution in [2.75, 3.05) is 12.4 Å². The van der Waals surface area contributed by atoms with E-state index in [-0.39, 0.29) is 5.91 Å². The Balaban J connectivity index is 2.89. The Hall–Kier alpha value is -0.540. The van der Waals surface area contributed by atoms with Gasteiger partial charge in [0.1, 0.15) is 0 Å². The fourth-order valence-corrected chi connectivity index (χ4v) is 1.91. The summed E-state index contributed by atoms with van der Waals surface area (Å²) < 4.78 is 0.810. The lowest BCUT2D eigenvalue weighted by Gasteiger charge is -2.07. The quantitative estimate of drug-likeness (QED) is 0.845. The van der Waals surface area contributed by atoms with Gasteiger partial charge in [0, 0.05) is 16.9 Å². The van der Waals surface area contributed by atoms with Crippen molar-refractivity contribution in [3.8, 4) is 0 Å². The van der Waals surface area contributed by atoms with Crippen LogP contribution >= 0.6 is 27.5 Å². The second-order valence-electron chi connectivity index (χ2n) is 2.88. The molecule has 76 valence electrons. The average Bonchev–Trinajstić information content (AvgIpc) is 2.14. The smallest absolute Gasteiger partial charge is 0.252 e. The van der Waals surface area contributed by atoms with Gasteiger partial charge in [0.05, 0.1) is 5.56 Å². The summed E-state index contributed by atoms with van der Waals surface area (Å²) >= 11 is 8.83. The molecule has 0 saturated heterocycles. The lowest BCUT2D eigenvalue weighted by molar-refractivity contribution is 0.0954. The molecule has 0 aliphatic heterocycles. The maximum Gasteiger partial charge on any atom is 0.252 e. The SMILES string of the molecule is Cc1cccc(Br)c1C(=O)NCCCl. The van der Waals surface area contributed by atoms with E-state index in [0.717, 1.165) is 10.0 Å². The number of carbonyl (C=O) groups excluding carboxylic acids is 1. The summed E-state index contributed by atoms with van der Waals surface area (Å²) in [4.78, 5) is 11.6. The van der Waals surface area contributed by atoms with Gasteiger partial charge in [-0.25, -0.2) is 0 Å². The summed E-state index contributed by atoms with van der Waals surface area (Å²) in [6.07, 6.45) is 0. The number of benzene rings is 1. The second-order valence-corrected chi connectivity index (χ2v) is 4.11. The number of halogens is 2. The van der Waals surface area contributed by atoms with E-state index in [1.807, 2.05) is 25.1 Å². The van der Waals surface area contributed by atoms with Gasteiger partial charge in [-0.05, 0) is 34.5 Å². The molecule has 0 heterocycles. The van der Waals surface area contributed by atoms with Gasteiger partial charge in [0.25, 0.3) is 5.91 Å². The predicted molar refractivity (Wildman–Crippen MR) is 61.9 cm³/mol. The van der Waals surface area contributed by atoms with Gasteiger partial charge in [0.15, 0.2) is 0 Å². The molecule has 1 N–H and O–H groups in total. The second kappa shape index (κ2) is 5.37. The first-order valence-corrected chi connectivity index (χ1v) is 5.59. The number of nitrogens with one attached hydrogen (secondary N) is 1. The molecule has 0 fully saturated rings. The average molecular weight is 277 g/mol. The molecule has 0 spiro atoms. The standard InChI is InChI=1S/C10H11BrClNO/c1-7-3-2-4-8(11)9(7)10(14)13-6-5-12/h2-4H,5-6H2,1H3,(H,13,14). The Labute approximate surface area is 96.8 Å². The van der Waals surface area contributed by atoms with Gasteiger partial charge < -0.3 is 5.32 Å². The van der Waals surface area contributed by atoms with Crippen molar-refractivity contribution < 1.29 is 4.79 Å². The van der Waals surface area contributed by atoms with Crippen molar-refractivity contribution in [3.63, 3.8) is 0 Å². The summed E-state index contributed by atoms with van der Waals surface area (Å²) in [7, 11) is 0. The monoisotopic (exact) mass is 275 g/mol. The molecule has 0 radical (unpaired) electrons. The third kappa shape index (κ3) is 2.72. The summed E-state index contributed by atoms with van der Waals surface area (Å²) in [6, 6.07) is 5.65. The van der Waals surface area contributed by atoms with Gasteiger partial charge >= 0.3 is 0 Å². The Bertz CT molecular complexity index is 321. The van der Waals surface area contributed by atoms with Crippen LogP contribution in [0.2, 0.25) is 0 Å². The molecule has 0 bridgehead atoms. The molecule has 4 heteroatoms. The van der Waals surface area contributed by atoms with E-state index in [2.05, 4.69) is 21.2 Å². The minimum absolute atomic E-state index is 0.0874. The van der Waals surface area contributed by atoms with E-state index in [1.54, 1.807) is 0 Å². The number of rotatable bonds is 3. The van der Waals surface area contributed by atoms with Gasteiger partial charge in [-0.3, -0.25) is 4.79 Å². The largest absolute Gasteiger partial charge is 0.351 e. The highest BCUT2D eigenvalue weighted by molar-refractivity contribution is 9.10. The zero-order chi connectivity index (χ0) is 10.6. The van der Waals surface area contributed by atoms with Crippen LogP contribution in [0.5, 0.6) is 0 Å². The highest BCUT2D eigenvalue weighted by atomic mass is 79.9. The highest BCUT2D eigenvalue weighted by Crippen LogP contribution is 2.19. The van der Waals surface area contributed by atoms with E-state index in [4.69, 9.17) is 11.6 Å². The minimum atomic E-state index is -0.0874. The van der Waals surface area contributed by atoms with E-state index >= 15 is 0 Å². The Morgan fingerprint density at radius 1 is 1.57 bits per heavy atom. The van der Waals surface area contributed by atoms with Crippen molar-refractivity contribution in [3.05, 3.63) is 33.8 Å². The van der Waals surface area contributed by atoms with Crippen LogP contribution in [0.3, 0.4) is 0 Å². The van der Waals surface area contributed by atoms with Crippen LogP contribution in [0, 0.1) is 6.92 Å². The molecule has 0 aliphatic carbocycles. The Morgan fingerprint density at radius 2 is 2.29 bits per heavy atom. The molecule has 0 atom stereocenters. The fourth-order valence-electron chi connectivity index (χ4n) is 1.17. The maximum atomic E-state index is 11.6. The summed E-state index contributed by atoms with van der Waals surface area (Å²) in [5, 5.41) is 2.73. The van der Waals surface area contributed by atoms with E-state index < -0.39 is 0 Å². The third-order valence-corrected chi connectivity index (χ3v) is 2.68. The van der Waals surface area contributed by atoms with Crippen LogP contribution < -0.4 is 5.32 Å². The van der Waals surface area contributed by atoms with Crippen LogP contribution in [0.25, 0.3) is 0 Å². The third-order valence-electron chi connectivity index (χ3n) is 1.83. The number of carbonyl (C=O) groups is 1.